The number of nitrogens with one attached hydrogen (secondary N) is 2. The van der Waals surface area contributed by atoms with Gasteiger partial charge >= 0.3 is 6.09 Å². The highest BCUT2D eigenvalue weighted by molar-refractivity contribution is 7.88. The van der Waals surface area contributed by atoms with E-state index in [0.29, 0.717) is 5.69 Å². The molecule has 1 amide bonds. The van der Waals surface area contributed by atoms with Crippen LogP contribution in [0, 0.1) is 0 Å². The van der Waals surface area contributed by atoms with Gasteiger partial charge in [-0.3, -0.25) is 5.32 Å². The quantitative estimate of drug-likeness (QED) is 0.779. The molecule has 0 aliphatic rings. The molecule has 0 radical (unpaired) electrons. The van der Waals surface area contributed by atoms with Gasteiger partial charge in [-0.05, 0) is 17.7 Å². The number of aromatic nitrogens is 1. The molecule has 0 saturated carbocycles. The first-order valence-electron chi connectivity index (χ1n) is 6.34. The van der Waals surface area contributed by atoms with Gasteiger partial charge in [0.05, 0.1) is 11.9 Å². The Morgan fingerprint density at radius 1 is 1.18 bits per heavy atom. The lowest BCUT2D eigenvalue weighted by Crippen LogP contribution is -2.21. The predicted octanol–water partition coefficient (Wildman–Crippen LogP) is 1.89. The molecule has 1 aromatic heterocycles. The molecule has 0 bridgehead atoms. The van der Waals surface area contributed by atoms with Crippen LogP contribution in [0.4, 0.5) is 10.6 Å². The van der Waals surface area contributed by atoms with Crippen LogP contribution >= 0.6 is 0 Å². The van der Waals surface area contributed by atoms with Crippen LogP contribution in [0.1, 0.15) is 5.56 Å². The van der Waals surface area contributed by atoms with Gasteiger partial charge in [-0.1, -0.05) is 30.3 Å². The second kappa shape index (κ2) is 6.54. The van der Waals surface area contributed by atoms with Crippen molar-refractivity contribution in [3.05, 3.63) is 48.0 Å². The molecule has 22 heavy (non-hydrogen) atoms. The Morgan fingerprint density at radius 3 is 2.45 bits per heavy atom. The Hall–Kier alpha value is -2.45. The molecule has 116 valence electrons. The van der Waals surface area contributed by atoms with Crippen molar-refractivity contribution in [3.8, 4) is 11.3 Å². The molecule has 7 nitrogen and oxygen atoms in total. The minimum atomic E-state index is -3.23. The highest BCUT2D eigenvalue weighted by Crippen LogP contribution is 2.19. The summed E-state index contributed by atoms with van der Waals surface area (Å²) in [5.74, 6) is 0.243. The van der Waals surface area contributed by atoms with Gasteiger partial charge in [0, 0.05) is 12.1 Å². The third-order valence-electron chi connectivity index (χ3n) is 2.77. The first-order chi connectivity index (χ1) is 10.3. The molecular weight excluding hydrogens is 306 g/mol. The number of benzene rings is 1. The highest BCUT2D eigenvalue weighted by Gasteiger charge is 2.05. The lowest BCUT2D eigenvalue weighted by atomic mass is 10.1. The second-order valence-corrected chi connectivity index (χ2v) is 6.46. The van der Waals surface area contributed by atoms with E-state index in [-0.39, 0.29) is 12.4 Å². The highest BCUT2D eigenvalue weighted by atomic mass is 32.2. The average molecular weight is 321 g/mol. The minimum Gasteiger partial charge on any atom is -0.465 e. The summed E-state index contributed by atoms with van der Waals surface area (Å²) in [6.45, 7) is 0.215. The molecule has 0 aliphatic heterocycles. The van der Waals surface area contributed by atoms with E-state index in [0.717, 1.165) is 17.4 Å². The topological polar surface area (TPSA) is 108 Å². The van der Waals surface area contributed by atoms with Crippen molar-refractivity contribution in [2.45, 2.75) is 6.54 Å². The van der Waals surface area contributed by atoms with Gasteiger partial charge in [0.25, 0.3) is 0 Å². The van der Waals surface area contributed by atoms with Crippen LogP contribution in [0.2, 0.25) is 0 Å². The van der Waals surface area contributed by atoms with Crippen molar-refractivity contribution >= 4 is 21.9 Å². The SMILES string of the molecule is CS(=O)(=O)NCc1ccc(-c2cccc(NC(=O)O)n2)cc1. The van der Waals surface area contributed by atoms with E-state index in [2.05, 4.69) is 15.0 Å². The number of hydrogen-bond acceptors (Lipinski definition) is 4. The number of rotatable bonds is 5. The first kappa shape index (κ1) is 15.9. The predicted molar refractivity (Wildman–Crippen MR) is 83.0 cm³/mol. The molecule has 2 rings (SSSR count). The molecule has 0 saturated heterocycles. The Morgan fingerprint density at radius 2 is 1.86 bits per heavy atom. The molecule has 8 heteroatoms. The monoisotopic (exact) mass is 321 g/mol. The number of amides is 1. The van der Waals surface area contributed by atoms with Crippen LogP contribution in [0.3, 0.4) is 0 Å². The van der Waals surface area contributed by atoms with E-state index >= 15 is 0 Å². The van der Waals surface area contributed by atoms with Crippen LogP contribution in [0.5, 0.6) is 0 Å². The van der Waals surface area contributed by atoms with Gasteiger partial charge in [0.1, 0.15) is 5.82 Å². The molecule has 1 heterocycles. The van der Waals surface area contributed by atoms with Gasteiger partial charge < -0.3 is 5.11 Å². The summed E-state index contributed by atoms with van der Waals surface area (Å²) in [5, 5.41) is 10.9. The normalized spacial score (nSPS) is 11.1. The number of hydrogen-bond donors (Lipinski definition) is 3. The fourth-order valence-corrected chi connectivity index (χ4v) is 2.21. The zero-order valence-electron chi connectivity index (χ0n) is 11.8. The summed E-state index contributed by atoms with van der Waals surface area (Å²) < 4.78 is 24.5. The van der Waals surface area contributed by atoms with Crippen molar-refractivity contribution in [2.24, 2.45) is 0 Å². The number of sulfonamides is 1. The van der Waals surface area contributed by atoms with Crippen molar-refractivity contribution in [2.75, 3.05) is 11.6 Å². The fraction of sp³-hybridized carbons (Fsp3) is 0.143. The molecule has 0 atom stereocenters. The molecule has 1 aromatic carbocycles. The van der Waals surface area contributed by atoms with Crippen molar-refractivity contribution in [1.29, 1.82) is 0 Å². The third kappa shape index (κ3) is 4.83. The molecular formula is C14H15N3O4S. The third-order valence-corrected chi connectivity index (χ3v) is 3.44. The number of nitrogens with zero attached hydrogens (tertiary/aromatic N) is 1. The van der Waals surface area contributed by atoms with E-state index in [1.165, 1.54) is 0 Å². The maximum atomic E-state index is 11.0. The Labute approximate surface area is 128 Å². The van der Waals surface area contributed by atoms with Gasteiger partial charge in [0.15, 0.2) is 0 Å². The molecule has 0 spiro atoms. The van der Waals surface area contributed by atoms with Gasteiger partial charge in [0.2, 0.25) is 10.0 Å². The second-order valence-electron chi connectivity index (χ2n) is 4.63. The summed E-state index contributed by atoms with van der Waals surface area (Å²) in [6.07, 6.45) is -0.0708. The summed E-state index contributed by atoms with van der Waals surface area (Å²) in [5.41, 5.74) is 2.24. The van der Waals surface area contributed by atoms with Gasteiger partial charge in [-0.25, -0.2) is 22.9 Å². The fourth-order valence-electron chi connectivity index (χ4n) is 1.78. The van der Waals surface area contributed by atoms with E-state index in [4.69, 9.17) is 5.11 Å². The van der Waals surface area contributed by atoms with Crippen LogP contribution in [0.15, 0.2) is 42.5 Å². The van der Waals surface area contributed by atoms with E-state index in [1.807, 2.05) is 0 Å². The number of pyridine rings is 1. The average Bonchev–Trinajstić information content (AvgIpc) is 2.44. The molecule has 0 aliphatic carbocycles. The molecule has 3 N–H and O–H groups in total. The van der Waals surface area contributed by atoms with Crippen LogP contribution in [0.25, 0.3) is 11.3 Å². The summed E-state index contributed by atoms with van der Waals surface area (Å²) in [4.78, 5) is 14.8. The Kier molecular flexibility index (Phi) is 4.74. The Bertz CT molecular complexity index is 773. The van der Waals surface area contributed by atoms with Crippen LogP contribution < -0.4 is 10.0 Å². The minimum absolute atomic E-state index is 0.215. The maximum Gasteiger partial charge on any atom is 0.410 e. The standard InChI is InChI=1S/C14H15N3O4S/c1-22(20,21)15-9-10-5-7-11(8-6-10)12-3-2-4-13(16-12)17-14(18)19/h2-8,15H,9H2,1H3,(H,16,17)(H,18,19). The van der Waals surface area contributed by atoms with Crippen molar-refractivity contribution in [3.63, 3.8) is 0 Å². The smallest absolute Gasteiger partial charge is 0.410 e. The van der Waals surface area contributed by atoms with Gasteiger partial charge in [-0.2, -0.15) is 0 Å². The number of carboxylic acid groups (broad SMARTS) is 1. The lowest BCUT2D eigenvalue weighted by molar-refractivity contribution is 0.209. The molecule has 0 unspecified atom stereocenters. The number of carbonyl (C=O) groups is 1. The van der Waals surface area contributed by atoms with E-state index in [9.17, 15) is 13.2 Å². The van der Waals surface area contributed by atoms with Crippen LogP contribution in [-0.2, 0) is 16.6 Å². The zero-order valence-corrected chi connectivity index (χ0v) is 12.6. The summed E-state index contributed by atoms with van der Waals surface area (Å²) in [7, 11) is -3.23. The van der Waals surface area contributed by atoms with Crippen LogP contribution in [-0.4, -0.2) is 30.9 Å². The van der Waals surface area contributed by atoms with Crippen molar-refractivity contribution < 1.29 is 18.3 Å². The van der Waals surface area contributed by atoms with Crippen molar-refractivity contribution in [1.82, 2.24) is 9.71 Å². The summed E-state index contributed by atoms with van der Waals surface area (Å²) in [6, 6.07) is 12.2. The zero-order chi connectivity index (χ0) is 16.2. The number of anilines is 1. The summed E-state index contributed by atoms with van der Waals surface area (Å²) >= 11 is 0. The first-order valence-corrected chi connectivity index (χ1v) is 8.23. The molecule has 0 fully saturated rings. The largest absolute Gasteiger partial charge is 0.465 e. The maximum absolute atomic E-state index is 11.0. The molecule has 2 aromatic rings. The lowest BCUT2D eigenvalue weighted by Gasteiger charge is -2.06. The Balaban J connectivity index is 2.15. The van der Waals surface area contributed by atoms with Gasteiger partial charge in [-0.15, -0.1) is 0 Å². The van der Waals surface area contributed by atoms with E-state index < -0.39 is 16.1 Å². The van der Waals surface area contributed by atoms with E-state index in [1.54, 1.807) is 42.5 Å².